The van der Waals surface area contributed by atoms with Gasteiger partial charge in [-0.2, -0.15) is 0 Å². The average Bonchev–Trinajstić information content (AvgIpc) is 2.96. The second kappa shape index (κ2) is 6.12. The van der Waals surface area contributed by atoms with Crippen LogP contribution in [0.25, 0.3) is 11.5 Å². The molecule has 116 valence electrons. The lowest BCUT2D eigenvalue weighted by atomic mass is 9.92. The summed E-state index contributed by atoms with van der Waals surface area (Å²) >= 11 is 1.81. The minimum atomic E-state index is 0.544. The molecule has 0 spiro atoms. The van der Waals surface area contributed by atoms with Crippen molar-refractivity contribution in [3.05, 3.63) is 54.0 Å². The van der Waals surface area contributed by atoms with Gasteiger partial charge in [0.25, 0.3) is 0 Å². The van der Waals surface area contributed by atoms with E-state index in [2.05, 4.69) is 44.4 Å². The zero-order valence-electron chi connectivity index (χ0n) is 12.9. The highest BCUT2D eigenvalue weighted by atomic mass is 32.2. The van der Waals surface area contributed by atoms with Crippen LogP contribution in [0.4, 0.5) is 0 Å². The van der Waals surface area contributed by atoms with Gasteiger partial charge in [-0.25, -0.2) is 4.98 Å². The van der Waals surface area contributed by atoms with E-state index in [4.69, 9.17) is 0 Å². The van der Waals surface area contributed by atoms with Crippen LogP contribution in [-0.4, -0.2) is 30.0 Å². The smallest absolute Gasteiger partial charge is 0.191 e. The van der Waals surface area contributed by atoms with Crippen LogP contribution in [0.15, 0.2) is 48.0 Å². The first-order valence-corrected chi connectivity index (χ1v) is 8.58. The maximum atomic E-state index is 4.35. The normalized spacial score (nSPS) is 17.0. The number of thioether (sulfide) groups is 1. The summed E-state index contributed by atoms with van der Waals surface area (Å²) in [6.07, 6.45) is 8.46. The fourth-order valence-electron chi connectivity index (χ4n) is 2.97. The molecular weight excluding hydrogens is 306 g/mol. The number of hydrogen-bond acceptors (Lipinski definition) is 5. The van der Waals surface area contributed by atoms with E-state index in [9.17, 15) is 0 Å². The molecule has 23 heavy (non-hydrogen) atoms. The lowest BCUT2D eigenvalue weighted by Crippen LogP contribution is -2.16. The molecule has 3 aromatic rings. The maximum absolute atomic E-state index is 4.35. The van der Waals surface area contributed by atoms with Gasteiger partial charge in [-0.1, -0.05) is 36.0 Å². The number of fused-ring (bicyclic) bond motifs is 1. The van der Waals surface area contributed by atoms with E-state index in [1.807, 2.05) is 23.4 Å². The number of rotatable bonds is 3. The molecule has 0 saturated heterocycles. The number of hydrogen-bond donors (Lipinski definition) is 0. The van der Waals surface area contributed by atoms with Crippen LogP contribution in [0.1, 0.15) is 17.5 Å². The third-order valence-corrected chi connectivity index (χ3v) is 5.50. The van der Waals surface area contributed by atoms with Crippen molar-refractivity contribution in [3.8, 4) is 11.5 Å². The molecule has 1 aromatic carbocycles. The summed E-state index contributed by atoms with van der Waals surface area (Å²) in [5.41, 5.74) is 3.71. The van der Waals surface area contributed by atoms with Crippen molar-refractivity contribution in [2.75, 3.05) is 0 Å². The fourth-order valence-corrected chi connectivity index (χ4v) is 4.10. The second-order valence-electron chi connectivity index (χ2n) is 5.71. The molecular formula is C17H17N5S. The Morgan fingerprint density at radius 2 is 2.00 bits per heavy atom. The van der Waals surface area contributed by atoms with Gasteiger partial charge in [0, 0.05) is 24.7 Å². The second-order valence-corrected chi connectivity index (χ2v) is 6.97. The molecule has 1 atom stereocenters. The molecule has 0 saturated carbocycles. The molecule has 5 nitrogen and oxygen atoms in total. The third-order valence-electron chi connectivity index (χ3n) is 4.20. The predicted molar refractivity (Wildman–Crippen MR) is 90.1 cm³/mol. The highest BCUT2D eigenvalue weighted by Gasteiger charge is 2.22. The summed E-state index contributed by atoms with van der Waals surface area (Å²) in [4.78, 5) is 8.41. The first-order chi connectivity index (χ1) is 11.3. The van der Waals surface area contributed by atoms with Gasteiger partial charge in [0.2, 0.25) is 0 Å². The molecule has 0 amide bonds. The Morgan fingerprint density at radius 3 is 2.83 bits per heavy atom. The van der Waals surface area contributed by atoms with Gasteiger partial charge < -0.3 is 4.57 Å². The molecule has 1 aliphatic rings. The minimum absolute atomic E-state index is 0.544. The molecule has 0 bridgehead atoms. The van der Waals surface area contributed by atoms with Gasteiger partial charge in [0.15, 0.2) is 11.0 Å². The molecule has 2 heterocycles. The first kappa shape index (κ1) is 14.4. The Bertz CT molecular complexity index is 815. The van der Waals surface area contributed by atoms with Gasteiger partial charge in [0.1, 0.15) is 5.69 Å². The monoisotopic (exact) mass is 323 g/mol. The zero-order chi connectivity index (χ0) is 15.6. The van der Waals surface area contributed by atoms with Gasteiger partial charge >= 0.3 is 0 Å². The molecule has 1 unspecified atom stereocenters. The van der Waals surface area contributed by atoms with Crippen LogP contribution in [0.5, 0.6) is 0 Å². The van der Waals surface area contributed by atoms with E-state index in [0.717, 1.165) is 29.5 Å². The van der Waals surface area contributed by atoms with Crippen LogP contribution in [0.2, 0.25) is 0 Å². The van der Waals surface area contributed by atoms with E-state index >= 15 is 0 Å². The van der Waals surface area contributed by atoms with Crippen LogP contribution in [0.3, 0.4) is 0 Å². The first-order valence-electron chi connectivity index (χ1n) is 7.70. The lowest BCUT2D eigenvalue weighted by molar-refractivity contribution is 0.693. The van der Waals surface area contributed by atoms with Crippen molar-refractivity contribution in [1.29, 1.82) is 0 Å². The molecule has 2 aromatic heterocycles. The largest absolute Gasteiger partial charge is 0.304 e. The summed E-state index contributed by atoms with van der Waals surface area (Å²) in [5.74, 6) is 0.761. The number of aromatic nitrogens is 5. The standard InChI is InChI=1S/C17H17N5S/c1-22-16(15-11-18-8-9-19-15)20-21-17(22)23-14-7-6-12-4-2-3-5-13(12)10-14/h2-5,8-9,11,14H,6-7,10H2,1H3. The molecule has 4 rings (SSSR count). The van der Waals surface area contributed by atoms with Crippen molar-refractivity contribution in [3.63, 3.8) is 0 Å². The highest BCUT2D eigenvalue weighted by molar-refractivity contribution is 7.99. The van der Waals surface area contributed by atoms with Crippen molar-refractivity contribution < 1.29 is 0 Å². The molecule has 0 N–H and O–H groups in total. The van der Waals surface area contributed by atoms with Crippen LogP contribution in [0, 0.1) is 0 Å². The van der Waals surface area contributed by atoms with E-state index in [0.29, 0.717) is 5.25 Å². The van der Waals surface area contributed by atoms with E-state index in [1.54, 1.807) is 18.6 Å². The fraction of sp³-hybridized carbons (Fsp3) is 0.294. The van der Waals surface area contributed by atoms with E-state index in [-0.39, 0.29) is 0 Å². The Hall–Kier alpha value is -2.21. The van der Waals surface area contributed by atoms with Crippen molar-refractivity contribution >= 4 is 11.8 Å². The lowest BCUT2D eigenvalue weighted by Gasteiger charge is -2.23. The number of aryl methyl sites for hydroxylation is 1. The Morgan fingerprint density at radius 1 is 1.13 bits per heavy atom. The van der Waals surface area contributed by atoms with Crippen molar-refractivity contribution in [1.82, 2.24) is 24.7 Å². The summed E-state index contributed by atoms with van der Waals surface area (Å²) < 4.78 is 2.01. The van der Waals surface area contributed by atoms with Crippen LogP contribution in [-0.2, 0) is 19.9 Å². The minimum Gasteiger partial charge on any atom is -0.304 e. The molecule has 0 fully saturated rings. The third kappa shape index (κ3) is 2.86. The number of benzene rings is 1. The highest BCUT2D eigenvalue weighted by Crippen LogP contribution is 2.33. The van der Waals surface area contributed by atoms with Gasteiger partial charge in [-0.3, -0.25) is 4.98 Å². The summed E-state index contributed by atoms with van der Waals surface area (Å²) in [7, 11) is 1.99. The molecule has 1 aliphatic carbocycles. The molecule has 6 heteroatoms. The van der Waals surface area contributed by atoms with E-state index < -0.39 is 0 Å². The van der Waals surface area contributed by atoms with Gasteiger partial charge in [0.05, 0.1) is 6.20 Å². The average molecular weight is 323 g/mol. The topological polar surface area (TPSA) is 56.5 Å². The van der Waals surface area contributed by atoms with Crippen LogP contribution < -0.4 is 0 Å². The zero-order valence-corrected chi connectivity index (χ0v) is 13.7. The Kier molecular flexibility index (Phi) is 3.83. The maximum Gasteiger partial charge on any atom is 0.191 e. The summed E-state index contributed by atoms with van der Waals surface area (Å²) in [6.45, 7) is 0. The van der Waals surface area contributed by atoms with Crippen molar-refractivity contribution in [2.24, 2.45) is 7.05 Å². The predicted octanol–water partition coefficient (Wildman–Crippen LogP) is 2.92. The van der Waals surface area contributed by atoms with Crippen LogP contribution >= 0.6 is 11.8 Å². The number of nitrogens with zero attached hydrogens (tertiary/aromatic N) is 5. The molecule has 0 aliphatic heterocycles. The van der Waals surface area contributed by atoms with E-state index in [1.165, 1.54) is 17.5 Å². The Balaban J connectivity index is 1.54. The van der Waals surface area contributed by atoms with Crippen molar-refractivity contribution in [2.45, 2.75) is 29.7 Å². The quantitative estimate of drug-likeness (QED) is 0.742. The SMILES string of the molecule is Cn1c(SC2CCc3ccccc3C2)nnc1-c1cnccn1. The van der Waals surface area contributed by atoms with Gasteiger partial charge in [-0.15, -0.1) is 10.2 Å². The summed E-state index contributed by atoms with van der Waals surface area (Å²) in [6, 6.07) is 8.73. The Labute approximate surface area is 139 Å². The molecule has 0 radical (unpaired) electrons. The van der Waals surface area contributed by atoms with Gasteiger partial charge in [-0.05, 0) is 30.4 Å². The summed E-state index contributed by atoms with van der Waals surface area (Å²) in [5, 5.41) is 10.1.